The van der Waals surface area contributed by atoms with E-state index in [2.05, 4.69) is 48.5 Å². The molecule has 0 fully saturated rings. The number of benzene rings is 1. The second-order valence-electron chi connectivity index (χ2n) is 6.19. The maximum absolute atomic E-state index is 5.72. The lowest BCUT2D eigenvalue weighted by molar-refractivity contribution is 0.145. The van der Waals surface area contributed by atoms with Crippen LogP contribution in [0.15, 0.2) is 29.3 Å². The van der Waals surface area contributed by atoms with Crippen LogP contribution >= 0.6 is 24.0 Å². The van der Waals surface area contributed by atoms with E-state index in [0.717, 1.165) is 44.5 Å². The predicted octanol–water partition coefficient (Wildman–Crippen LogP) is 3.99. The lowest BCUT2D eigenvalue weighted by Crippen LogP contribution is -2.39. The van der Waals surface area contributed by atoms with Crippen LogP contribution in [-0.4, -0.2) is 39.4 Å². The van der Waals surface area contributed by atoms with E-state index in [1.807, 2.05) is 19.1 Å². The first-order valence-corrected chi connectivity index (χ1v) is 8.84. The highest BCUT2D eigenvalue weighted by Crippen LogP contribution is 2.18. The van der Waals surface area contributed by atoms with Crippen molar-refractivity contribution in [2.24, 2.45) is 10.9 Å². The Morgan fingerprint density at radius 3 is 2.40 bits per heavy atom. The van der Waals surface area contributed by atoms with E-state index in [9.17, 15) is 0 Å². The summed E-state index contributed by atoms with van der Waals surface area (Å²) in [7, 11) is 1.79. The van der Waals surface area contributed by atoms with Crippen molar-refractivity contribution in [1.82, 2.24) is 10.6 Å². The van der Waals surface area contributed by atoms with Gasteiger partial charge in [0.25, 0.3) is 0 Å². The van der Waals surface area contributed by atoms with E-state index >= 15 is 0 Å². The lowest BCUT2D eigenvalue weighted by Gasteiger charge is -2.19. The Bertz CT molecular complexity index is 478. The molecule has 0 aromatic heterocycles. The molecule has 6 heteroatoms. The summed E-state index contributed by atoms with van der Waals surface area (Å²) in [5, 5.41) is 6.71. The Kier molecular flexibility index (Phi) is 13.6. The standard InChI is InChI=1S/C19H33N3O2.HI/c1-6-23-13-7-12-21-19(20-5)22-16(4)17-8-10-18(11-9-17)24-14-15(2)3;/h8-11,15-16H,6-7,12-14H2,1-5H3,(H2,20,21,22);1H. The van der Waals surface area contributed by atoms with Crippen molar-refractivity contribution in [3.05, 3.63) is 29.8 Å². The monoisotopic (exact) mass is 463 g/mol. The topological polar surface area (TPSA) is 54.9 Å². The normalized spacial score (nSPS) is 12.5. The Hall–Kier alpha value is -1.02. The fourth-order valence-electron chi connectivity index (χ4n) is 2.12. The van der Waals surface area contributed by atoms with E-state index in [4.69, 9.17) is 9.47 Å². The maximum Gasteiger partial charge on any atom is 0.191 e. The zero-order valence-corrected chi connectivity index (χ0v) is 18.5. The van der Waals surface area contributed by atoms with Crippen molar-refractivity contribution in [3.8, 4) is 5.75 Å². The van der Waals surface area contributed by atoms with Crippen LogP contribution < -0.4 is 15.4 Å². The van der Waals surface area contributed by atoms with Gasteiger partial charge < -0.3 is 20.1 Å². The summed E-state index contributed by atoms with van der Waals surface area (Å²) in [5.74, 6) is 2.25. The van der Waals surface area contributed by atoms with Gasteiger partial charge in [-0.3, -0.25) is 4.99 Å². The molecule has 0 spiro atoms. The highest BCUT2D eigenvalue weighted by atomic mass is 127. The number of rotatable bonds is 10. The van der Waals surface area contributed by atoms with E-state index in [1.54, 1.807) is 7.05 Å². The quantitative estimate of drug-likeness (QED) is 0.239. The van der Waals surface area contributed by atoms with Crippen LogP contribution in [0.3, 0.4) is 0 Å². The van der Waals surface area contributed by atoms with Crippen molar-refractivity contribution in [3.63, 3.8) is 0 Å². The van der Waals surface area contributed by atoms with E-state index in [-0.39, 0.29) is 30.0 Å². The van der Waals surface area contributed by atoms with Gasteiger partial charge in [0.05, 0.1) is 12.6 Å². The molecule has 144 valence electrons. The van der Waals surface area contributed by atoms with Gasteiger partial charge in [-0.1, -0.05) is 26.0 Å². The van der Waals surface area contributed by atoms with Crippen molar-refractivity contribution >= 4 is 29.9 Å². The van der Waals surface area contributed by atoms with Gasteiger partial charge >= 0.3 is 0 Å². The average molecular weight is 463 g/mol. The van der Waals surface area contributed by atoms with Gasteiger partial charge in [-0.05, 0) is 43.9 Å². The summed E-state index contributed by atoms with van der Waals surface area (Å²) in [6.45, 7) is 11.5. The molecule has 0 aliphatic heterocycles. The molecule has 1 unspecified atom stereocenters. The summed E-state index contributed by atoms with van der Waals surface area (Å²) in [5.41, 5.74) is 1.20. The Morgan fingerprint density at radius 1 is 1.16 bits per heavy atom. The third kappa shape index (κ3) is 10.5. The summed E-state index contributed by atoms with van der Waals surface area (Å²) in [4.78, 5) is 4.27. The number of ether oxygens (including phenoxy) is 2. The Morgan fingerprint density at radius 2 is 1.84 bits per heavy atom. The lowest BCUT2D eigenvalue weighted by atomic mass is 10.1. The fourth-order valence-corrected chi connectivity index (χ4v) is 2.12. The summed E-state index contributed by atoms with van der Waals surface area (Å²) in [6.07, 6.45) is 0.963. The SMILES string of the molecule is CCOCCCNC(=NC)NC(C)c1ccc(OCC(C)C)cc1.I. The summed E-state index contributed by atoms with van der Waals surface area (Å²) >= 11 is 0. The molecule has 0 saturated heterocycles. The molecule has 0 amide bonds. The van der Waals surface area contributed by atoms with Crippen molar-refractivity contribution < 1.29 is 9.47 Å². The largest absolute Gasteiger partial charge is 0.493 e. The number of hydrogen-bond acceptors (Lipinski definition) is 3. The van der Waals surface area contributed by atoms with Crippen molar-refractivity contribution in [1.29, 1.82) is 0 Å². The number of halogens is 1. The summed E-state index contributed by atoms with van der Waals surface area (Å²) in [6, 6.07) is 8.40. The maximum atomic E-state index is 5.72. The van der Waals surface area contributed by atoms with Gasteiger partial charge in [0.15, 0.2) is 5.96 Å². The highest BCUT2D eigenvalue weighted by molar-refractivity contribution is 14.0. The molecular weight excluding hydrogens is 429 g/mol. The van der Waals surface area contributed by atoms with Crippen LogP contribution in [0.1, 0.15) is 45.7 Å². The molecule has 0 bridgehead atoms. The molecule has 1 atom stereocenters. The van der Waals surface area contributed by atoms with Gasteiger partial charge in [-0.2, -0.15) is 0 Å². The van der Waals surface area contributed by atoms with Gasteiger partial charge in [-0.15, -0.1) is 24.0 Å². The predicted molar refractivity (Wildman–Crippen MR) is 116 cm³/mol. The number of guanidine groups is 1. The van der Waals surface area contributed by atoms with Gasteiger partial charge in [0.2, 0.25) is 0 Å². The molecular formula is C19H34IN3O2. The molecule has 0 aliphatic carbocycles. The van der Waals surface area contributed by atoms with Crippen LogP contribution in [0.4, 0.5) is 0 Å². The minimum absolute atomic E-state index is 0. The second-order valence-corrected chi connectivity index (χ2v) is 6.19. The average Bonchev–Trinajstić information content (AvgIpc) is 2.59. The number of aliphatic imine (C=N–C) groups is 1. The molecule has 5 nitrogen and oxygen atoms in total. The molecule has 1 rings (SSSR count). The molecule has 0 aliphatic rings. The molecule has 1 aromatic carbocycles. The molecule has 0 heterocycles. The van der Waals surface area contributed by atoms with Crippen molar-refractivity contribution in [2.75, 3.05) is 33.4 Å². The molecule has 25 heavy (non-hydrogen) atoms. The van der Waals surface area contributed by atoms with Crippen LogP contribution in [0.25, 0.3) is 0 Å². The second kappa shape index (κ2) is 14.2. The van der Waals surface area contributed by atoms with E-state index in [0.29, 0.717) is 5.92 Å². The fraction of sp³-hybridized carbons (Fsp3) is 0.632. The minimum atomic E-state index is 0. The first kappa shape index (κ1) is 24.0. The first-order valence-electron chi connectivity index (χ1n) is 8.84. The van der Waals surface area contributed by atoms with Gasteiger partial charge in [-0.25, -0.2) is 0 Å². The Balaban J connectivity index is 0.00000576. The molecule has 2 N–H and O–H groups in total. The molecule has 0 saturated carbocycles. The third-order valence-corrected chi connectivity index (χ3v) is 3.50. The zero-order chi connectivity index (χ0) is 17.8. The van der Waals surface area contributed by atoms with E-state index < -0.39 is 0 Å². The molecule has 0 radical (unpaired) electrons. The van der Waals surface area contributed by atoms with Crippen molar-refractivity contribution in [2.45, 2.75) is 40.2 Å². The number of nitrogens with one attached hydrogen (secondary N) is 2. The third-order valence-electron chi connectivity index (χ3n) is 3.50. The molecule has 1 aromatic rings. The number of nitrogens with zero attached hydrogens (tertiary/aromatic N) is 1. The highest BCUT2D eigenvalue weighted by Gasteiger charge is 2.08. The van der Waals surface area contributed by atoms with Gasteiger partial charge in [0.1, 0.15) is 5.75 Å². The zero-order valence-electron chi connectivity index (χ0n) is 16.2. The van der Waals surface area contributed by atoms with Crippen LogP contribution in [-0.2, 0) is 4.74 Å². The van der Waals surface area contributed by atoms with E-state index in [1.165, 1.54) is 5.56 Å². The van der Waals surface area contributed by atoms with Gasteiger partial charge in [0, 0.05) is 26.8 Å². The van der Waals surface area contributed by atoms with Crippen LogP contribution in [0, 0.1) is 5.92 Å². The number of hydrogen-bond donors (Lipinski definition) is 2. The van der Waals surface area contributed by atoms with Crippen LogP contribution in [0.5, 0.6) is 5.75 Å². The van der Waals surface area contributed by atoms with Crippen LogP contribution in [0.2, 0.25) is 0 Å². The minimum Gasteiger partial charge on any atom is -0.493 e. The summed E-state index contributed by atoms with van der Waals surface area (Å²) < 4.78 is 11.1. The first-order chi connectivity index (χ1) is 11.6. The Labute approximate surface area is 170 Å². The smallest absolute Gasteiger partial charge is 0.191 e.